The van der Waals surface area contributed by atoms with Crippen LogP contribution in [-0.2, 0) is 16.6 Å². The fourth-order valence-corrected chi connectivity index (χ4v) is 4.57. The molecule has 32 heavy (non-hydrogen) atoms. The largest absolute Gasteiger partial charge is 0.331 e. The Labute approximate surface area is 189 Å². The summed E-state index contributed by atoms with van der Waals surface area (Å²) in [6, 6.07) is 14.9. The van der Waals surface area contributed by atoms with Crippen LogP contribution in [-0.4, -0.2) is 25.3 Å². The molecule has 1 N–H and O–H groups in total. The zero-order chi connectivity index (χ0) is 22.9. The van der Waals surface area contributed by atoms with Crippen LogP contribution < -0.4 is 4.72 Å². The highest BCUT2D eigenvalue weighted by atomic mass is 35.5. The van der Waals surface area contributed by atoms with E-state index in [4.69, 9.17) is 11.6 Å². The molecule has 1 amide bonds. The third-order valence-electron chi connectivity index (χ3n) is 5.13. The molecule has 0 heterocycles. The molecule has 0 atom stereocenters. The third kappa shape index (κ3) is 4.92. The monoisotopic (exact) mass is 476 g/mol. The van der Waals surface area contributed by atoms with E-state index in [0.717, 1.165) is 37.1 Å². The molecule has 0 aromatic heterocycles. The predicted molar refractivity (Wildman–Crippen MR) is 118 cm³/mol. The molecule has 1 aliphatic rings. The molecule has 1 aliphatic carbocycles. The van der Waals surface area contributed by atoms with Crippen molar-refractivity contribution in [2.45, 2.75) is 30.3 Å². The minimum Gasteiger partial charge on any atom is -0.331 e. The summed E-state index contributed by atoms with van der Waals surface area (Å²) in [5, 5.41) is 0.0966. The number of hydrogen-bond acceptors (Lipinski definition) is 3. The van der Waals surface area contributed by atoms with E-state index in [2.05, 4.69) is 4.72 Å². The zero-order valence-corrected chi connectivity index (χ0v) is 18.3. The van der Waals surface area contributed by atoms with Gasteiger partial charge in [-0.15, -0.1) is 0 Å². The number of halogens is 3. The van der Waals surface area contributed by atoms with E-state index in [1.165, 1.54) is 24.3 Å². The van der Waals surface area contributed by atoms with Crippen molar-refractivity contribution in [3.8, 4) is 0 Å². The molecule has 9 heteroatoms. The van der Waals surface area contributed by atoms with Crippen LogP contribution in [0.15, 0.2) is 71.6 Å². The molecule has 4 rings (SSSR count). The molecule has 0 aliphatic heterocycles. The Balaban J connectivity index is 1.60. The Bertz CT molecular complexity index is 1260. The van der Waals surface area contributed by atoms with E-state index in [1.807, 2.05) is 0 Å². The van der Waals surface area contributed by atoms with Gasteiger partial charge in [0.15, 0.2) is 0 Å². The lowest BCUT2D eigenvalue weighted by atomic mass is 10.1. The van der Waals surface area contributed by atoms with Crippen LogP contribution in [0.2, 0.25) is 5.02 Å². The Morgan fingerprint density at radius 3 is 2.38 bits per heavy atom. The van der Waals surface area contributed by atoms with Gasteiger partial charge in [0, 0.05) is 23.7 Å². The second kappa shape index (κ2) is 8.88. The molecule has 1 saturated carbocycles. The summed E-state index contributed by atoms with van der Waals surface area (Å²) < 4.78 is 54.9. The van der Waals surface area contributed by atoms with Gasteiger partial charge in [-0.2, -0.15) is 0 Å². The van der Waals surface area contributed by atoms with Gasteiger partial charge in [-0.1, -0.05) is 29.8 Å². The van der Waals surface area contributed by atoms with Gasteiger partial charge in [0.2, 0.25) is 0 Å². The summed E-state index contributed by atoms with van der Waals surface area (Å²) in [7, 11) is -4.05. The van der Waals surface area contributed by atoms with Gasteiger partial charge in [-0.3, -0.25) is 9.52 Å². The van der Waals surface area contributed by atoms with Crippen molar-refractivity contribution in [3.63, 3.8) is 0 Å². The maximum Gasteiger partial charge on any atom is 0.261 e. The quantitative estimate of drug-likeness (QED) is 0.508. The van der Waals surface area contributed by atoms with E-state index in [9.17, 15) is 22.0 Å². The van der Waals surface area contributed by atoms with Gasteiger partial charge in [0.1, 0.15) is 11.6 Å². The normalized spacial score (nSPS) is 13.6. The summed E-state index contributed by atoms with van der Waals surface area (Å²) in [6.07, 6.45) is 1.63. The van der Waals surface area contributed by atoms with Crippen molar-refractivity contribution < 1.29 is 22.0 Å². The first-order valence-electron chi connectivity index (χ1n) is 9.87. The van der Waals surface area contributed by atoms with E-state index < -0.39 is 21.7 Å². The highest BCUT2D eigenvalue weighted by Crippen LogP contribution is 2.32. The molecule has 3 aromatic rings. The van der Waals surface area contributed by atoms with Crippen LogP contribution in [0.4, 0.5) is 14.5 Å². The van der Waals surface area contributed by atoms with Gasteiger partial charge in [0.05, 0.1) is 15.6 Å². The maximum absolute atomic E-state index is 14.1. The number of carbonyl (C=O) groups is 1. The first kappa shape index (κ1) is 22.2. The summed E-state index contributed by atoms with van der Waals surface area (Å²) in [4.78, 5) is 14.7. The average molecular weight is 477 g/mol. The third-order valence-corrected chi connectivity index (χ3v) is 6.84. The Hall–Kier alpha value is -2.97. The fourth-order valence-electron chi connectivity index (χ4n) is 3.28. The van der Waals surface area contributed by atoms with Crippen molar-refractivity contribution in [1.82, 2.24) is 4.90 Å². The van der Waals surface area contributed by atoms with Gasteiger partial charge in [0.25, 0.3) is 15.9 Å². The van der Waals surface area contributed by atoms with E-state index >= 15 is 0 Å². The van der Waals surface area contributed by atoms with E-state index in [1.54, 1.807) is 23.1 Å². The Morgan fingerprint density at radius 2 is 1.72 bits per heavy atom. The number of rotatable bonds is 7. The van der Waals surface area contributed by atoms with Crippen molar-refractivity contribution >= 4 is 33.2 Å². The molecule has 1 fully saturated rings. The zero-order valence-electron chi connectivity index (χ0n) is 16.8. The highest BCUT2D eigenvalue weighted by molar-refractivity contribution is 7.92. The molecule has 0 saturated heterocycles. The molecule has 0 unspecified atom stereocenters. The molecule has 0 spiro atoms. The van der Waals surface area contributed by atoms with E-state index in [0.29, 0.717) is 5.56 Å². The summed E-state index contributed by atoms with van der Waals surface area (Å²) in [5.74, 6) is -1.31. The van der Waals surface area contributed by atoms with Crippen LogP contribution >= 0.6 is 11.6 Å². The maximum atomic E-state index is 14.1. The number of nitrogens with zero attached hydrogens (tertiary/aromatic N) is 1. The molecule has 0 radical (unpaired) electrons. The number of nitrogens with one attached hydrogen (secondary N) is 1. The molecule has 0 bridgehead atoms. The lowest BCUT2D eigenvalue weighted by Crippen LogP contribution is -2.33. The number of hydrogen-bond donors (Lipinski definition) is 1. The van der Waals surface area contributed by atoms with Gasteiger partial charge < -0.3 is 4.90 Å². The first-order chi connectivity index (χ1) is 15.2. The van der Waals surface area contributed by atoms with Crippen molar-refractivity contribution in [2.24, 2.45) is 0 Å². The summed E-state index contributed by atoms with van der Waals surface area (Å²) in [5.41, 5.74) is 0.636. The highest BCUT2D eigenvalue weighted by Gasteiger charge is 2.34. The van der Waals surface area contributed by atoms with Crippen molar-refractivity contribution in [2.75, 3.05) is 4.72 Å². The van der Waals surface area contributed by atoms with Crippen LogP contribution in [0, 0.1) is 11.6 Å². The Morgan fingerprint density at radius 1 is 1.03 bits per heavy atom. The molecule has 3 aromatic carbocycles. The van der Waals surface area contributed by atoms with Crippen LogP contribution in [0.1, 0.15) is 28.8 Å². The predicted octanol–water partition coefficient (Wildman–Crippen LogP) is 5.22. The van der Waals surface area contributed by atoms with Crippen LogP contribution in [0.3, 0.4) is 0 Å². The summed E-state index contributed by atoms with van der Waals surface area (Å²) >= 11 is 6.16. The van der Waals surface area contributed by atoms with Crippen LogP contribution in [0.25, 0.3) is 0 Å². The number of carbonyl (C=O) groups excluding carboxylic acids is 1. The lowest BCUT2D eigenvalue weighted by Gasteiger charge is -2.23. The van der Waals surface area contributed by atoms with Gasteiger partial charge in [-0.05, 0) is 61.4 Å². The number of benzene rings is 3. The van der Waals surface area contributed by atoms with Crippen molar-refractivity contribution in [3.05, 3.63) is 94.5 Å². The molecule has 5 nitrogen and oxygen atoms in total. The minimum absolute atomic E-state index is 0.00265. The minimum atomic E-state index is -4.05. The second-order valence-corrected chi connectivity index (χ2v) is 9.60. The average Bonchev–Trinajstić information content (AvgIpc) is 3.60. The topological polar surface area (TPSA) is 66.5 Å². The molecular formula is C23H19ClF2N2O3S. The SMILES string of the molecule is O=C(c1ccc(Cl)c(NS(=O)(=O)c2ccc(F)cc2)c1)N(Cc1ccccc1F)C1CC1. The molecule has 166 valence electrons. The Kier molecular flexibility index (Phi) is 6.17. The van der Waals surface area contributed by atoms with Crippen molar-refractivity contribution in [1.29, 1.82) is 0 Å². The fraction of sp³-hybridized carbons (Fsp3) is 0.174. The smallest absolute Gasteiger partial charge is 0.261 e. The number of amides is 1. The van der Waals surface area contributed by atoms with E-state index in [-0.39, 0.29) is 39.7 Å². The first-order valence-corrected chi connectivity index (χ1v) is 11.7. The molecular weight excluding hydrogens is 458 g/mol. The lowest BCUT2D eigenvalue weighted by molar-refractivity contribution is 0.0728. The standard InChI is InChI=1S/C23H19ClF2N2O3S/c24-20-12-5-15(13-22(20)27-32(30,31)19-10-6-17(25)7-11-19)23(29)28(18-8-9-18)14-16-3-1-2-4-21(16)26/h1-7,10-13,18,27H,8-9,14H2. The van der Waals surface area contributed by atoms with Gasteiger partial charge in [-0.25, -0.2) is 17.2 Å². The van der Waals surface area contributed by atoms with Crippen LogP contribution in [0.5, 0.6) is 0 Å². The summed E-state index contributed by atoms with van der Waals surface area (Å²) in [6.45, 7) is 0.107. The number of sulfonamides is 1. The second-order valence-electron chi connectivity index (χ2n) is 7.51. The van der Waals surface area contributed by atoms with Gasteiger partial charge >= 0.3 is 0 Å². The number of anilines is 1.